The van der Waals surface area contributed by atoms with Crippen molar-refractivity contribution in [1.82, 2.24) is 9.97 Å². The summed E-state index contributed by atoms with van der Waals surface area (Å²) >= 11 is 5.64. The van der Waals surface area contributed by atoms with Crippen molar-refractivity contribution >= 4 is 32.5 Å². The van der Waals surface area contributed by atoms with Gasteiger partial charge in [0.25, 0.3) is 0 Å². The predicted molar refractivity (Wildman–Crippen MR) is 71.5 cm³/mol. The first-order valence-corrected chi connectivity index (χ1v) is 7.72. The highest BCUT2D eigenvalue weighted by atomic mass is 35.5. The topological polar surface area (TPSA) is 59.9 Å². The zero-order valence-corrected chi connectivity index (χ0v) is 11.4. The van der Waals surface area contributed by atoms with Crippen LogP contribution in [0.3, 0.4) is 0 Å². The van der Waals surface area contributed by atoms with Crippen molar-refractivity contribution in [3.05, 3.63) is 30.5 Å². The Morgan fingerprint density at radius 2 is 1.94 bits per heavy atom. The molecule has 1 heterocycles. The summed E-state index contributed by atoms with van der Waals surface area (Å²) in [5.74, 6) is 0.189. The van der Waals surface area contributed by atoms with Gasteiger partial charge < -0.3 is 0 Å². The summed E-state index contributed by atoms with van der Waals surface area (Å²) in [5.41, 5.74) is 1.26. The van der Waals surface area contributed by atoms with E-state index in [2.05, 4.69) is 9.97 Å². The number of halogens is 1. The second kappa shape index (κ2) is 5.20. The Kier molecular flexibility index (Phi) is 3.82. The van der Waals surface area contributed by atoms with Gasteiger partial charge in [-0.3, -0.25) is 4.98 Å². The smallest absolute Gasteiger partial charge is 0.197 e. The van der Waals surface area contributed by atoms with E-state index in [4.69, 9.17) is 11.6 Å². The van der Waals surface area contributed by atoms with Crippen LogP contribution in [-0.2, 0) is 9.84 Å². The Morgan fingerprint density at radius 1 is 1.28 bits per heavy atom. The molecule has 0 N–H and O–H groups in total. The van der Waals surface area contributed by atoms with Gasteiger partial charge in [0.2, 0.25) is 0 Å². The summed E-state index contributed by atoms with van der Waals surface area (Å²) < 4.78 is 24.2. The molecule has 96 valence electrons. The van der Waals surface area contributed by atoms with Gasteiger partial charge in [0.1, 0.15) is 0 Å². The Balaban J connectivity index is 2.41. The quantitative estimate of drug-likeness (QED) is 0.808. The standard InChI is InChI=1S/C12H13ClN2O2S/c1-9(6-13)8-18(16,17)12-7-14-10-4-2-3-5-11(10)15-12/h2-5,7,9H,6,8H2,1H3. The summed E-state index contributed by atoms with van der Waals surface area (Å²) in [6.45, 7) is 1.79. The molecule has 2 rings (SSSR count). The summed E-state index contributed by atoms with van der Waals surface area (Å²) in [7, 11) is -3.42. The molecule has 0 amide bonds. The van der Waals surface area contributed by atoms with Gasteiger partial charge in [0.05, 0.1) is 23.0 Å². The fourth-order valence-electron chi connectivity index (χ4n) is 1.59. The summed E-state index contributed by atoms with van der Waals surface area (Å²) in [6, 6.07) is 7.17. The molecule has 2 aromatic rings. The number of aromatic nitrogens is 2. The van der Waals surface area contributed by atoms with Crippen molar-refractivity contribution in [2.45, 2.75) is 11.9 Å². The molecular formula is C12H13ClN2O2S. The zero-order valence-electron chi connectivity index (χ0n) is 9.88. The monoisotopic (exact) mass is 284 g/mol. The van der Waals surface area contributed by atoms with Crippen molar-refractivity contribution in [3.8, 4) is 0 Å². The molecule has 0 aliphatic rings. The van der Waals surface area contributed by atoms with Gasteiger partial charge in [0.15, 0.2) is 14.9 Å². The molecule has 0 radical (unpaired) electrons. The van der Waals surface area contributed by atoms with E-state index >= 15 is 0 Å². The molecule has 1 atom stereocenters. The van der Waals surface area contributed by atoms with Crippen LogP contribution in [0.2, 0.25) is 0 Å². The van der Waals surface area contributed by atoms with E-state index in [0.29, 0.717) is 16.9 Å². The van der Waals surface area contributed by atoms with Crippen molar-refractivity contribution < 1.29 is 8.42 Å². The number of hydrogen-bond acceptors (Lipinski definition) is 4. The lowest BCUT2D eigenvalue weighted by molar-refractivity contribution is 0.579. The highest BCUT2D eigenvalue weighted by molar-refractivity contribution is 7.91. The van der Waals surface area contributed by atoms with Gasteiger partial charge in [-0.15, -0.1) is 11.6 Å². The summed E-state index contributed by atoms with van der Waals surface area (Å²) in [6.07, 6.45) is 1.30. The average molecular weight is 285 g/mol. The third-order valence-electron chi connectivity index (χ3n) is 2.51. The van der Waals surface area contributed by atoms with E-state index in [-0.39, 0.29) is 16.7 Å². The number of nitrogens with zero attached hydrogens (tertiary/aromatic N) is 2. The second-order valence-electron chi connectivity index (χ2n) is 4.24. The number of hydrogen-bond donors (Lipinski definition) is 0. The van der Waals surface area contributed by atoms with E-state index in [1.165, 1.54) is 6.20 Å². The summed E-state index contributed by atoms with van der Waals surface area (Å²) in [4.78, 5) is 8.25. The largest absolute Gasteiger partial charge is 0.252 e. The molecule has 0 saturated carbocycles. The summed E-state index contributed by atoms with van der Waals surface area (Å²) in [5, 5.41) is 0.0122. The van der Waals surface area contributed by atoms with Gasteiger partial charge in [-0.1, -0.05) is 19.1 Å². The maximum Gasteiger partial charge on any atom is 0.197 e. The van der Waals surface area contributed by atoms with E-state index in [9.17, 15) is 8.42 Å². The molecule has 1 aromatic heterocycles. The molecule has 0 aliphatic carbocycles. The number of benzene rings is 1. The van der Waals surface area contributed by atoms with E-state index in [1.807, 2.05) is 6.07 Å². The van der Waals surface area contributed by atoms with Gasteiger partial charge in [-0.05, 0) is 18.1 Å². The predicted octanol–water partition coefficient (Wildman–Crippen LogP) is 2.28. The molecule has 0 bridgehead atoms. The van der Waals surface area contributed by atoms with Crippen LogP contribution in [0.15, 0.2) is 35.5 Å². The molecule has 6 heteroatoms. The minimum atomic E-state index is -3.42. The third kappa shape index (κ3) is 2.79. The fourth-order valence-corrected chi connectivity index (χ4v) is 3.32. The number of sulfone groups is 1. The lowest BCUT2D eigenvalue weighted by Gasteiger charge is -2.08. The van der Waals surface area contributed by atoms with Crippen molar-refractivity contribution in [1.29, 1.82) is 0 Å². The molecule has 0 saturated heterocycles. The van der Waals surface area contributed by atoms with Crippen molar-refractivity contribution in [2.24, 2.45) is 5.92 Å². The van der Waals surface area contributed by atoms with Crippen LogP contribution in [0.1, 0.15) is 6.92 Å². The van der Waals surface area contributed by atoms with E-state index in [0.717, 1.165) is 0 Å². The zero-order chi connectivity index (χ0) is 13.2. The van der Waals surface area contributed by atoms with E-state index in [1.54, 1.807) is 25.1 Å². The average Bonchev–Trinajstić information content (AvgIpc) is 2.37. The van der Waals surface area contributed by atoms with Crippen molar-refractivity contribution in [2.75, 3.05) is 11.6 Å². The molecular weight excluding hydrogens is 272 g/mol. The van der Waals surface area contributed by atoms with Crippen LogP contribution in [-0.4, -0.2) is 30.0 Å². The van der Waals surface area contributed by atoms with Crippen molar-refractivity contribution in [3.63, 3.8) is 0 Å². The molecule has 4 nitrogen and oxygen atoms in total. The lowest BCUT2D eigenvalue weighted by atomic mass is 10.3. The molecule has 1 unspecified atom stereocenters. The maximum absolute atomic E-state index is 12.1. The Bertz CT molecular complexity index is 658. The van der Waals surface area contributed by atoms with Crippen LogP contribution in [0.25, 0.3) is 11.0 Å². The minimum Gasteiger partial charge on any atom is -0.252 e. The highest BCUT2D eigenvalue weighted by Gasteiger charge is 2.20. The maximum atomic E-state index is 12.1. The van der Waals surface area contributed by atoms with Crippen LogP contribution < -0.4 is 0 Å². The normalized spacial score (nSPS) is 13.7. The Labute approximate surface area is 111 Å². The minimum absolute atomic E-state index is 0.0104. The van der Waals surface area contributed by atoms with Crippen LogP contribution >= 0.6 is 11.6 Å². The molecule has 18 heavy (non-hydrogen) atoms. The van der Waals surface area contributed by atoms with Crippen LogP contribution in [0, 0.1) is 5.92 Å². The third-order valence-corrected chi connectivity index (χ3v) is 4.88. The number of alkyl halides is 1. The second-order valence-corrected chi connectivity index (χ2v) is 6.53. The molecule has 1 aromatic carbocycles. The fraction of sp³-hybridized carbons (Fsp3) is 0.333. The number of rotatable bonds is 4. The highest BCUT2D eigenvalue weighted by Crippen LogP contribution is 2.15. The Morgan fingerprint density at radius 3 is 2.61 bits per heavy atom. The lowest BCUT2D eigenvalue weighted by Crippen LogP contribution is -2.16. The van der Waals surface area contributed by atoms with Crippen LogP contribution in [0.4, 0.5) is 0 Å². The first-order valence-electron chi connectivity index (χ1n) is 5.53. The number of fused-ring (bicyclic) bond motifs is 1. The Hall–Kier alpha value is -1.20. The number of para-hydroxylation sites is 2. The first-order chi connectivity index (χ1) is 8.53. The van der Waals surface area contributed by atoms with Gasteiger partial charge >= 0.3 is 0 Å². The molecule has 0 fully saturated rings. The SMILES string of the molecule is CC(CCl)CS(=O)(=O)c1cnc2ccccc2n1. The van der Waals surface area contributed by atoms with Gasteiger partial charge in [0, 0.05) is 5.88 Å². The van der Waals surface area contributed by atoms with Gasteiger partial charge in [-0.25, -0.2) is 13.4 Å². The van der Waals surface area contributed by atoms with E-state index < -0.39 is 9.84 Å². The molecule has 0 aliphatic heterocycles. The first kappa shape index (κ1) is 13.2. The van der Waals surface area contributed by atoms with Gasteiger partial charge in [-0.2, -0.15) is 0 Å². The van der Waals surface area contributed by atoms with Crippen LogP contribution in [0.5, 0.6) is 0 Å². The molecule has 0 spiro atoms.